The van der Waals surface area contributed by atoms with Crippen molar-refractivity contribution >= 4 is 15.9 Å². The average molecular weight is 261 g/mol. The van der Waals surface area contributed by atoms with Crippen LogP contribution < -0.4 is 0 Å². The molecule has 14 heavy (non-hydrogen) atoms. The zero-order valence-corrected chi connectivity index (χ0v) is 10.7. The van der Waals surface area contributed by atoms with Gasteiger partial charge >= 0.3 is 0 Å². The highest BCUT2D eigenvalue weighted by Gasteiger charge is 2.22. The van der Waals surface area contributed by atoms with Crippen molar-refractivity contribution in [2.45, 2.75) is 46.3 Å². The summed E-state index contributed by atoms with van der Waals surface area (Å²) in [5.74, 6) is 0. The van der Waals surface area contributed by atoms with Crippen LogP contribution in [0.3, 0.4) is 0 Å². The van der Waals surface area contributed by atoms with E-state index in [9.17, 15) is 0 Å². The Morgan fingerprint density at radius 1 is 1.43 bits per heavy atom. The van der Waals surface area contributed by atoms with Gasteiger partial charge in [0.15, 0.2) is 0 Å². The standard InChI is InChI=1S/C10H17BrN2O/c1-5-8-9(11)7(6-14)12-13(8)10(2,3)4/h14H,5-6H2,1-4H3. The van der Waals surface area contributed by atoms with Gasteiger partial charge in [0.25, 0.3) is 0 Å². The lowest BCUT2D eigenvalue weighted by molar-refractivity contribution is 0.269. The van der Waals surface area contributed by atoms with E-state index in [0.717, 1.165) is 22.3 Å². The van der Waals surface area contributed by atoms with Gasteiger partial charge < -0.3 is 5.11 Å². The van der Waals surface area contributed by atoms with Crippen molar-refractivity contribution in [2.75, 3.05) is 0 Å². The smallest absolute Gasteiger partial charge is 0.102 e. The maximum Gasteiger partial charge on any atom is 0.102 e. The monoisotopic (exact) mass is 260 g/mol. The highest BCUT2D eigenvalue weighted by atomic mass is 79.9. The van der Waals surface area contributed by atoms with Crippen LogP contribution in [0.1, 0.15) is 39.1 Å². The number of aromatic nitrogens is 2. The SMILES string of the molecule is CCc1c(Br)c(CO)nn1C(C)(C)C. The molecule has 0 aliphatic rings. The fourth-order valence-electron chi connectivity index (χ4n) is 1.45. The van der Waals surface area contributed by atoms with Crippen LogP contribution in [0.5, 0.6) is 0 Å². The minimum atomic E-state index is -0.0404. The Labute approximate surface area is 93.3 Å². The summed E-state index contributed by atoms with van der Waals surface area (Å²) in [6, 6.07) is 0. The van der Waals surface area contributed by atoms with Crippen molar-refractivity contribution in [3.63, 3.8) is 0 Å². The number of rotatable bonds is 2. The zero-order valence-electron chi connectivity index (χ0n) is 9.13. The highest BCUT2D eigenvalue weighted by molar-refractivity contribution is 9.10. The molecule has 0 aromatic carbocycles. The molecule has 0 spiro atoms. The summed E-state index contributed by atoms with van der Waals surface area (Å²) < 4.78 is 2.92. The van der Waals surface area contributed by atoms with Gasteiger partial charge in [0.2, 0.25) is 0 Å². The molecular weight excluding hydrogens is 244 g/mol. The van der Waals surface area contributed by atoms with Gasteiger partial charge in [-0.2, -0.15) is 5.10 Å². The Kier molecular flexibility index (Phi) is 3.37. The van der Waals surface area contributed by atoms with Crippen molar-refractivity contribution in [1.29, 1.82) is 0 Å². The highest BCUT2D eigenvalue weighted by Crippen LogP contribution is 2.27. The minimum absolute atomic E-state index is 0.0172. The van der Waals surface area contributed by atoms with E-state index in [-0.39, 0.29) is 12.1 Å². The minimum Gasteiger partial charge on any atom is -0.390 e. The Morgan fingerprint density at radius 2 is 2.00 bits per heavy atom. The molecule has 1 rings (SSSR count). The molecule has 0 saturated carbocycles. The van der Waals surface area contributed by atoms with Crippen LogP contribution in [0.4, 0.5) is 0 Å². The molecular formula is C10H17BrN2O. The predicted molar refractivity (Wildman–Crippen MR) is 60.2 cm³/mol. The molecule has 1 N–H and O–H groups in total. The van der Waals surface area contributed by atoms with Gasteiger partial charge in [-0.25, -0.2) is 0 Å². The molecule has 0 atom stereocenters. The van der Waals surface area contributed by atoms with E-state index in [1.54, 1.807) is 0 Å². The van der Waals surface area contributed by atoms with Gasteiger partial charge in [-0.05, 0) is 43.1 Å². The van der Waals surface area contributed by atoms with Crippen molar-refractivity contribution in [2.24, 2.45) is 0 Å². The van der Waals surface area contributed by atoms with Crippen molar-refractivity contribution < 1.29 is 5.11 Å². The second-order valence-electron chi connectivity index (χ2n) is 4.30. The Hall–Kier alpha value is -0.350. The lowest BCUT2D eigenvalue weighted by atomic mass is 10.1. The Morgan fingerprint density at radius 3 is 2.29 bits per heavy atom. The van der Waals surface area contributed by atoms with Crippen LogP contribution in [0, 0.1) is 0 Å². The maximum atomic E-state index is 9.11. The summed E-state index contributed by atoms with van der Waals surface area (Å²) in [4.78, 5) is 0. The summed E-state index contributed by atoms with van der Waals surface area (Å²) in [6.45, 7) is 8.38. The molecule has 0 aliphatic heterocycles. The first kappa shape index (κ1) is 11.7. The molecule has 0 unspecified atom stereocenters. The third-order valence-corrected chi connectivity index (χ3v) is 3.02. The zero-order chi connectivity index (χ0) is 10.9. The van der Waals surface area contributed by atoms with Gasteiger partial charge in [0.05, 0.1) is 22.3 Å². The topological polar surface area (TPSA) is 38.1 Å². The molecule has 0 saturated heterocycles. The Balaban J connectivity index is 3.30. The van der Waals surface area contributed by atoms with Gasteiger partial charge in [0.1, 0.15) is 5.69 Å². The van der Waals surface area contributed by atoms with Crippen molar-refractivity contribution in [3.05, 3.63) is 15.9 Å². The van der Waals surface area contributed by atoms with Crippen LogP contribution in [0.15, 0.2) is 4.47 Å². The van der Waals surface area contributed by atoms with Crippen molar-refractivity contribution in [3.8, 4) is 0 Å². The summed E-state index contributed by atoms with van der Waals surface area (Å²) in [7, 11) is 0. The molecule has 4 heteroatoms. The predicted octanol–water partition coefficient (Wildman–Crippen LogP) is 2.46. The molecule has 0 amide bonds. The summed E-state index contributed by atoms with van der Waals surface area (Å²) in [6.07, 6.45) is 0.908. The van der Waals surface area contributed by atoms with Crippen LogP contribution in [0.2, 0.25) is 0 Å². The van der Waals surface area contributed by atoms with Gasteiger partial charge in [-0.3, -0.25) is 4.68 Å². The lowest BCUT2D eigenvalue weighted by Gasteiger charge is -2.22. The molecule has 1 heterocycles. The molecule has 1 aromatic rings. The molecule has 0 radical (unpaired) electrons. The Bertz CT molecular complexity index is 326. The van der Waals surface area contributed by atoms with E-state index in [1.165, 1.54) is 0 Å². The first-order chi connectivity index (χ1) is 6.41. The third-order valence-electron chi connectivity index (χ3n) is 2.10. The molecule has 80 valence electrons. The first-order valence-corrected chi connectivity index (χ1v) is 5.58. The second-order valence-corrected chi connectivity index (χ2v) is 5.09. The number of hydrogen-bond donors (Lipinski definition) is 1. The number of aliphatic hydroxyl groups is 1. The van der Waals surface area contributed by atoms with Crippen LogP contribution in [0.25, 0.3) is 0 Å². The van der Waals surface area contributed by atoms with Crippen LogP contribution in [-0.2, 0) is 18.6 Å². The number of halogens is 1. The first-order valence-electron chi connectivity index (χ1n) is 4.79. The lowest BCUT2D eigenvalue weighted by Crippen LogP contribution is -2.25. The van der Waals surface area contributed by atoms with E-state index in [1.807, 2.05) is 4.68 Å². The normalized spacial score (nSPS) is 12.1. The fraction of sp³-hybridized carbons (Fsp3) is 0.700. The van der Waals surface area contributed by atoms with Crippen LogP contribution in [-0.4, -0.2) is 14.9 Å². The number of nitrogens with zero attached hydrogens (tertiary/aromatic N) is 2. The van der Waals surface area contributed by atoms with Gasteiger partial charge in [-0.1, -0.05) is 6.92 Å². The van der Waals surface area contributed by atoms with E-state index in [4.69, 9.17) is 5.11 Å². The average Bonchev–Trinajstić information content (AvgIpc) is 2.41. The van der Waals surface area contributed by atoms with Crippen LogP contribution >= 0.6 is 15.9 Å². The number of aliphatic hydroxyl groups excluding tert-OH is 1. The van der Waals surface area contributed by atoms with Crippen molar-refractivity contribution in [1.82, 2.24) is 9.78 Å². The van der Waals surface area contributed by atoms with E-state index >= 15 is 0 Å². The fourth-order valence-corrected chi connectivity index (χ4v) is 2.10. The summed E-state index contributed by atoms with van der Waals surface area (Å²) >= 11 is 3.47. The number of hydrogen-bond acceptors (Lipinski definition) is 2. The quantitative estimate of drug-likeness (QED) is 0.888. The van der Waals surface area contributed by atoms with E-state index < -0.39 is 0 Å². The molecule has 1 aromatic heterocycles. The molecule has 0 fully saturated rings. The largest absolute Gasteiger partial charge is 0.390 e. The molecule has 3 nitrogen and oxygen atoms in total. The molecule has 0 bridgehead atoms. The third kappa shape index (κ3) is 2.01. The van der Waals surface area contributed by atoms with E-state index in [0.29, 0.717) is 0 Å². The van der Waals surface area contributed by atoms with Gasteiger partial charge in [0, 0.05) is 0 Å². The molecule has 0 aliphatic carbocycles. The van der Waals surface area contributed by atoms with E-state index in [2.05, 4.69) is 48.7 Å². The van der Waals surface area contributed by atoms with Gasteiger partial charge in [-0.15, -0.1) is 0 Å². The summed E-state index contributed by atoms with van der Waals surface area (Å²) in [5, 5.41) is 13.5. The second kappa shape index (κ2) is 4.03. The summed E-state index contributed by atoms with van der Waals surface area (Å²) in [5.41, 5.74) is 1.82. The maximum absolute atomic E-state index is 9.11.